The maximum atomic E-state index is 11.5. The molecule has 0 unspecified atom stereocenters. The number of anilines is 4. The Morgan fingerprint density at radius 2 is 1.74 bits per heavy atom. The predicted octanol–water partition coefficient (Wildman–Crippen LogP) is 3.77. The molecule has 0 radical (unpaired) electrons. The zero-order chi connectivity index (χ0) is 24.2. The fraction of sp³-hybridized carbons (Fsp3) is 0.200. The van der Waals surface area contributed by atoms with Crippen LogP contribution >= 0.6 is 0 Å². The molecule has 0 saturated carbocycles. The first kappa shape index (κ1) is 22.4. The number of aromatic amines is 1. The summed E-state index contributed by atoms with van der Waals surface area (Å²) in [6.07, 6.45) is 2.84. The van der Waals surface area contributed by atoms with Crippen molar-refractivity contribution in [1.82, 2.24) is 25.1 Å². The van der Waals surface area contributed by atoms with Gasteiger partial charge in [0, 0.05) is 43.2 Å². The highest BCUT2D eigenvalue weighted by atomic mass is 16.5. The number of H-pyrrole nitrogens is 1. The van der Waals surface area contributed by atoms with Crippen molar-refractivity contribution in [3.05, 3.63) is 67.4 Å². The Morgan fingerprint density at radius 3 is 2.46 bits per heavy atom. The van der Waals surface area contributed by atoms with E-state index >= 15 is 0 Å². The lowest BCUT2D eigenvalue weighted by atomic mass is 10.2. The van der Waals surface area contributed by atoms with Gasteiger partial charge in [-0.1, -0.05) is 6.58 Å². The van der Waals surface area contributed by atoms with Crippen LogP contribution in [0.2, 0.25) is 0 Å². The third-order valence-corrected chi connectivity index (χ3v) is 5.79. The molecule has 10 heteroatoms. The number of likely N-dealkylation sites (N-methyl/N-ethyl adjacent to an activating group) is 1. The number of aromatic nitrogens is 4. The van der Waals surface area contributed by atoms with Crippen molar-refractivity contribution in [3.8, 4) is 11.6 Å². The topological polar surface area (TPSA) is 111 Å². The summed E-state index contributed by atoms with van der Waals surface area (Å²) in [5.74, 6) is 1.04. The van der Waals surface area contributed by atoms with Crippen LogP contribution in [-0.4, -0.2) is 64.2 Å². The smallest absolute Gasteiger partial charge is 0.247 e. The molecule has 1 saturated heterocycles. The van der Waals surface area contributed by atoms with Crippen molar-refractivity contribution in [2.24, 2.45) is 0 Å². The number of rotatable bonds is 7. The summed E-state index contributed by atoms with van der Waals surface area (Å²) in [7, 11) is 2.15. The van der Waals surface area contributed by atoms with Gasteiger partial charge in [-0.2, -0.15) is 15.1 Å². The molecule has 10 nitrogen and oxygen atoms in total. The minimum absolute atomic E-state index is 0.276. The molecule has 3 heterocycles. The van der Waals surface area contributed by atoms with E-state index in [2.05, 4.69) is 66.4 Å². The molecule has 178 valence electrons. The second-order valence-corrected chi connectivity index (χ2v) is 8.27. The number of ether oxygens (including phenoxy) is 1. The number of hydrogen-bond donors (Lipinski definition) is 3. The molecule has 2 aromatic heterocycles. The highest BCUT2D eigenvalue weighted by molar-refractivity contribution is 5.98. The van der Waals surface area contributed by atoms with Crippen molar-refractivity contribution in [1.29, 1.82) is 0 Å². The Hall–Kier alpha value is -4.44. The number of nitrogens with zero attached hydrogens (tertiary/aromatic N) is 5. The van der Waals surface area contributed by atoms with Crippen LogP contribution in [0.4, 0.5) is 23.0 Å². The highest BCUT2D eigenvalue weighted by Gasteiger charge is 2.15. The Kier molecular flexibility index (Phi) is 6.27. The Bertz CT molecular complexity index is 1330. The molecule has 4 aromatic rings. The lowest BCUT2D eigenvalue weighted by Crippen LogP contribution is -2.44. The molecule has 2 aromatic carbocycles. The van der Waals surface area contributed by atoms with Gasteiger partial charge in [0.15, 0.2) is 5.65 Å². The van der Waals surface area contributed by atoms with Gasteiger partial charge in [0.1, 0.15) is 11.1 Å². The van der Waals surface area contributed by atoms with Gasteiger partial charge in [-0.3, -0.25) is 9.89 Å². The number of nitrogens with one attached hydrogen (secondary N) is 3. The van der Waals surface area contributed by atoms with Crippen molar-refractivity contribution in [2.45, 2.75) is 0 Å². The summed E-state index contributed by atoms with van der Waals surface area (Å²) in [6.45, 7) is 7.61. The second kappa shape index (κ2) is 9.82. The zero-order valence-corrected chi connectivity index (χ0v) is 19.4. The number of amides is 1. The summed E-state index contributed by atoms with van der Waals surface area (Å²) < 4.78 is 6.03. The summed E-state index contributed by atoms with van der Waals surface area (Å²) in [5.41, 5.74) is 3.27. The van der Waals surface area contributed by atoms with Gasteiger partial charge in [-0.25, -0.2) is 0 Å². The Balaban J connectivity index is 1.32. The lowest BCUT2D eigenvalue weighted by Gasteiger charge is -2.34. The van der Waals surface area contributed by atoms with Crippen LogP contribution in [0, 0.1) is 0 Å². The van der Waals surface area contributed by atoms with E-state index in [1.165, 1.54) is 11.8 Å². The van der Waals surface area contributed by atoms with Crippen LogP contribution in [-0.2, 0) is 4.79 Å². The van der Waals surface area contributed by atoms with Crippen LogP contribution in [0.3, 0.4) is 0 Å². The molecule has 0 atom stereocenters. The molecular weight excluding hydrogens is 444 g/mol. The molecule has 0 spiro atoms. The molecule has 5 rings (SSSR count). The van der Waals surface area contributed by atoms with E-state index < -0.39 is 0 Å². The predicted molar refractivity (Wildman–Crippen MR) is 136 cm³/mol. The van der Waals surface area contributed by atoms with Crippen molar-refractivity contribution >= 4 is 40.0 Å². The molecule has 1 amide bonds. The third kappa shape index (κ3) is 5.22. The first-order valence-electron chi connectivity index (χ1n) is 11.3. The molecule has 35 heavy (non-hydrogen) atoms. The van der Waals surface area contributed by atoms with Crippen LogP contribution in [0.5, 0.6) is 11.6 Å². The van der Waals surface area contributed by atoms with E-state index in [1.807, 2.05) is 12.1 Å². The largest absolute Gasteiger partial charge is 0.438 e. The standard InChI is InChI=1S/C25H26N8O2/c1-3-22(34)27-17-6-10-20(11-7-17)35-24-21-16-26-31-23(21)29-25(30-24)28-18-4-8-19(9-5-18)33-14-12-32(2)13-15-33/h3-11,16H,1,12-15H2,2H3,(H,27,34)(H2,26,28,29,30,31). The van der Waals surface area contributed by atoms with E-state index in [0.29, 0.717) is 34.3 Å². The normalized spacial score (nSPS) is 14.0. The van der Waals surface area contributed by atoms with E-state index in [-0.39, 0.29) is 5.91 Å². The van der Waals surface area contributed by atoms with Crippen LogP contribution in [0.1, 0.15) is 0 Å². The average Bonchev–Trinajstić information content (AvgIpc) is 3.35. The van der Waals surface area contributed by atoms with Gasteiger partial charge < -0.3 is 25.2 Å². The fourth-order valence-electron chi connectivity index (χ4n) is 3.80. The number of piperazine rings is 1. The van der Waals surface area contributed by atoms with Gasteiger partial charge in [0.2, 0.25) is 17.7 Å². The van der Waals surface area contributed by atoms with Crippen LogP contribution < -0.4 is 20.3 Å². The fourth-order valence-corrected chi connectivity index (χ4v) is 3.80. The number of benzene rings is 2. The molecule has 1 fully saturated rings. The van der Waals surface area contributed by atoms with Crippen molar-refractivity contribution in [2.75, 3.05) is 48.8 Å². The van der Waals surface area contributed by atoms with Gasteiger partial charge in [-0.15, -0.1) is 0 Å². The summed E-state index contributed by atoms with van der Waals surface area (Å²) in [6, 6.07) is 15.2. The second-order valence-electron chi connectivity index (χ2n) is 8.27. The van der Waals surface area contributed by atoms with E-state index in [4.69, 9.17) is 4.74 Å². The monoisotopic (exact) mass is 470 g/mol. The minimum atomic E-state index is -0.276. The number of carbonyl (C=O) groups excluding carboxylic acids is 1. The molecule has 1 aliphatic rings. The number of carbonyl (C=O) groups is 1. The van der Waals surface area contributed by atoms with Gasteiger partial charge in [0.05, 0.1) is 6.20 Å². The minimum Gasteiger partial charge on any atom is -0.438 e. The molecular formula is C25H26N8O2. The molecule has 0 bridgehead atoms. The van der Waals surface area contributed by atoms with Crippen molar-refractivity contribution < 1.29 is 9.53 Å². The summed E-state index contributed by atoms with van der Waals surface area (Å²) in [5, 5.41) is 13.6. The molecule has 1 aliphatic heterocycles. The quantitative estimate of drug-likeness (QED) is 0.350. The van der Waals surface area contributed by atoms with E-state index in [1.54, 1.807) is 30.5 Å². The molecule has 0 aliphatic carbocycles. The highest BCUT2D eigenvalue weighted by Crippen LogP contribution is 2.29. The number of fused-ring (bicyclic) bond motifs is 1. The van der Waals surface area contributed by atoms with Crippen LogP contribution in [0.15, 0.2) is 67.4 Å². The molecule has 3 N–H and O–H groups in total. The summed E-state index contributed by atoms with van der Waals surface area (Å²) >= 11 is 0. The zero-order valence-electron chi connectivity index (χ0n) is 19.4. The van der Waals surface area contributed by atoms with Crippen molar-refractivity contribution in [3.63, 3.8) is 0 Å². The van der Waals surface area contributed by atoms with E-state index in [9.17, 15) is 4.79 Å². The van der Waals surface area contributed by atoms with Gasteiger partial charge >= 0.3 is 0 Å². The maximum absolute atomic E-state index is 11.5. The first-order chi connectivity index (χ1) is 17.1. The van der Waals surface area contributed by atoms with E-state index in [0.717, 1.165) is 31.9 Å². The number of hydrogen-bond acceptors (Lipinski definition) is 8. The van der Waals surface area contributed by atoms with Crippen LogP contribution in [0.25, 0.3) is 11.0 Å². The lowest BCUT2D eigenvalue weighted by molar-refractivity contribution is -0.111. The van der Waals surface area contributed by atoms with Gasteiger partial charge in [0.25, 0.3) is 0 Å². The van der Waals surface area contributed by atoms with Gasteiger partial charge in [-0.05, 0) is 61.7 Å². The maximum Gasteiger partial charge on any atom is 0.247 e. The summed E-state index contributed by atoms with van der Waals surface area (Å²) in [4.78, 5) is 25.3. The SMILES string of the molecule is C=CC(=O)Nc1ccc(Oc2nc(Nc3ccc(N4CCN(C)CC4)cc3)nc3[nH]ncc23)cc1. The Morgan fingerprint density at radius 1 is 1.03 bits per heavy atom. The third-order valence-electron chi connectivity index (χ3n) is 5.79. The average molecular weight is 471 g/mol. The Labute approximate surface area is 202 Å². The first-order valence-corrected chi connectivity index (χ1v) is 11.3.